The smallest absolute Gasteiger partial charge is 0.153 e. The predicted molar refractivity (Wildman–Crippen MR) is 135 cm³/mol. The van der Waals surface area contributed by atoms with Gasteiger partial charge in [0, 0.05) is 31.7 Å². The molecule has 0 aliphatic carbocycles. The number of piperazine rings is 1. The van der Waals surface area contributed by atoms with Crippen LogP contribution in [0.5, 0.6) is 0 Å². The minimum Gasteiger partial charge on any atom is -0.467 e. The Hall–Kier alpha value is -4.08. The second-order valence-corrected chi connectivity index (χ2v) is 8.52. The molecule has 5 rings (SSSR count). The number of nitriles is 1. The maximum atomic E-state index is 10.4. The number of aromatic nitrogens is 1. The molecular formula is C28H27N5O. The Labute approximate surface area is 200 Å². The van der Waals surface area contributed by atoms with Crippen molar-refractivity contribution in [3.05, 3.63) is 90.4 Å². The zero-order chi connectivity index (χ0) is 23.3. The van der Waals surface area contributed by atoms with Crippen molar-refractivity contribution in [1.82, 2.24) is 14.4 Å². The normalized spacial score (nSPS) is 14.5. The van der Waals surface area contributed by atoms with Crippen LogP contribution in [0.4, 0.5) is 5.82 Å². The van der Waals surface area contributed by atoms with E-state index in [1.807, 2.05) is 67.0 Å². The fourth-order valence-electron chi connectivity index (χ4n) is 4.41. The molecule has 1 aliphatic heterocycles. The summed E-state index contributed by atoms with van der Waals surface area (Å²) in [5.41, 5.74) is 4.45. The third-order valence-corrected chi connectivity index (χ3v) is 6.23. The Morgan fingerprint density at radius 2 is 1.59 bits per heavy atom. The number of benzene rings is 2. The first-order chi connectivity index (χ1) is 16.7. The molecule has 0 bridgehead atoms. The van der Waals surface area contributed by atoms with E-state index in [-0.39, 0.29) is 0 Å². The van der Waals surface area contributed by atoms with Crippen molar-refractivity contribution >= 4 is 12.2 Å². The Balaban J connectivity index is 1.72. The van der Waals surface area contributed by atoms with Crippen LogP contribution in [0.2, 0.25) is 0 Å². The van der Waals surface area contributed by atoms with E-state index < -0.39 is 0 Å². The molecule has 0 radical (unpaired) electrons. The quantitative estimate of drug-likeness (QED) is 0.298. The summed E-state index contributed by atoms with van der Waals surface area (Å²) in [6.07, 6.45) is 3.57. The first-order valence-corrected chi connectivity index (χ1v) is 11.5. The lowest BCUT2D eigenvalue weighted by Crippen LogP contribution is -2.43. The molecule has 1 saturated heterocycles. The van der Waals surface area contributed by atoms with Gasteiger partial charge in [-0.3, -0.25) is 0 Å². The topological polar surface area (TPSA) is 60.7 Å². The number of furan rings is 1. The van der Waals surface area contributed by atoms with Gasteiger partial charge in [0.2, 0.25) is 0 Å². The molecule has 2 aromatic heterocycles. The summed E-state index contributed by atoms with van der Waals surface area (Å²) in [6, 6.07) is 26.6. The van der Waals surface area contributed by atoms with Gasteiger partial charge in [-0.05, 0) is 30.3 Å². The van der Waals surface area contributed by atoms with Gasteiger partial charge in [-0.2, -0.15) is 5.26 Å². The number of nitrogens with zero attached hydrogens (tertiary/aromatic N) is 5. The first-order valence-electron chi connectivity index (χ1n) is 11.5. The van der Waals surface area contributed by atoms with Gasteiger partial charge in [-0.1, -0.05) is 60.7 Å². The van der Waals surface area contributed by atoms with Crippen LogP contribution in [0.3, 0.4) is 0 Å². The van der Waals surface area contributed by atoms with Crippen molar-refractivity contribution in [3.63, 3.8) is 0 Å². The highest BCUT2D eigenvalue weighted by Crippen LogP contribution is 2.43. The van der Waals surface area contributed by atoms with Gasteiger partial charge in [0.25, 0.3) is 0 Å². The van der Waals surface area contributed by atoms with Gasteiger partial charge in [0.05, 0.1) is 24.8 Å². The van der Waals surface area contributed by atoms with Crippen LogP contribution in [-0.2, 0) is 6.54 Å². The number of hydrogen-bond acceptors (Lipinski definition) is 4. The highest BCUT2D eigenvalue weighted by Gasteiger charge is 2.25. The minimum absolute atomic E-state index is 0.480. The maximum Gasteiger partial charge on any atom is 0.153 e. The fraction of sp³-hybridized carbons (Fsp3) is 0.214. The lowest BCUT2D eigenvalue weighted by atomic mass is 9.98. The Kier molecular flexibility index (Phi) is 6.28. The van der Waals surface area contributed by atoms with E-state index in [2.05, 4.69) is 39.6 Å². The molecule has 170 valence electrons. The first kappa shape index (κ1) is 21.7. The predicted octanol–water partition coefficient (Wildman–Crippen LogP) is 5.24. The van der Waals surface area contributed by atoms with Gasteiger partial charge < -0.3 is 18.8 Å². The average Bonchev–Trinajstić information content (AvgIpc) is 3.51. The molecule has 6 nitrogen and oxygen atoms in total. The maximum absolute atomic E-state index is 10.4. The van der Waals surface area contributed by atoms with Crippen LogP contribution in [0, 0.1) is 11.3 Å². The van der Waals surface area contributed by atoms with Gasteiger partial charge >= 0.3 is 0 Å². The van der Waals surface area contributed by atoms with Gasteiger partial charge in [-0.25, -0.2) is 4.99 Å². The van der Waals surface area contributed by atoms with E-state index >= 15 is 0 Å². The fourth-order valence-corrected chi connectivity index (χ4v) is 4.41. The van der Waals surface area contributed by atoms with Crippen molar-refractivity contribution in [1.29, 1.82) is 5.26 Å². The highest BCUT2D eigenvalue weighted by atomic mass is 16.3. The standard InChI is InChI=1S/C28H27N5O/c1-31-14-16-32(17-15-31)21-30-28-25(19-29)26(22-9-4-2-5-10-22)27(23-11-6-3-7-12-23)33(28)20-24-13-8-18-34-24/h2-13,18,21H,14-17,20H2,1H3/b30-21+. The lowest BCUT2D eigenvalue weighted by Gasteiger charge is -2.30. The van der Waals surface area contributed by atoms with Crippen LogP contribution in [0.25, 0.3) is 22.4 Å². The molecule has 2 aromatic carbocycles. The van der Waals surface area contributed by atoms with E-state index in [1.54, 1.807) is 6.26 Å². The summed E-state index contributed by atoms with van der Waals surface area (Å²) in [5, 5.41) is 10.4. The molecule has 0 N–H and O–H groups in total. The van der Waals surface area contributed by atoms with E-state index in [0.29, 0.717) is 17.9 Å². The van der Waals surface area contributed by atoms with Crippen molar-refractivity contribution < 1.29 is 4.42 Å². The van der Waals surface area contributed by atoms with Crippen molar-refractivity contribution in [2.24, 2.45) is 4.99 Å². The average molecular weight is 450 g/mol. The summed E-state index contributed by atoms with van der Waals surface area (Å²) in [7, 11) is 2.13. The van der Waals surface area contributed by atoms with Gasteiger partial charge in [0.15, 0.2) is 5.82 Å². The van der Waals surface area contributed by atoms with Crippen LogP contribution in [0.15, 0.2) is 88.5 Å². The third kappa shape index (κ3) is 4.39. The molecule has 34 heavy (non-hydrogen) atoms. The van der Waals surface area contributed by atoms with Crippen LogP contribution < -0.4 is 0 Å². The highest BCUT2D eigenvalue weighted by molar-refractivity contribution is 5.91. The monoisotopic (exact) mass is 449 g/mol. The lowest BCUT2D eigenvalue weighted by molar-refractivity contribution is 0.219. The number of aliphatic imine (C=N–C) groups is 1. The van der Waals surface area contributed by atoms with Gasteiger partial charge in [-0.15, -0.1) is 0 Å². The molecule has 0 atom stereocenters. The van der Waals surface area contributed by atoms with Crippen LogP contribution >= 0.6 is 0 Å². The molecule has 0 spiro atoms. The van der Waals surface area contributed by atoms with E-state index in [1.165, 1.54) is 0 Å². The summed E-state index contributed by atoms with van der Waals surface area (Å²) in [6.45, 7) is 4.30. The molecule has 1 fully saturated rings. The van der Waals surface area contributed by atoms with Crippen molar-refractivity contribution in [3.8, 4) is 28.5 Å². The summed E-state index contributed by atoms with van der Waals surface area (Å²) < 4.78 is 7.82. The third-order valence-electron chi connectivity index (χ3n) is 6.23. The number of rotatable bonds is 6. The molecule has 0 amide bonds. The van der Waals surface area contributed by atoms with Crippen molar-refractivity contribution in [2.45, 2.75) is 6.54 Å². The molecule has 3 heterocycles. The minimum atomic E-state index is 0.480. The summed E-state index contributed by atoms with van der Waals surface area (Å²) in [4.78, 5) is 9.45. The Bertz CT molecular complexity index is 1290. The largest absolute Gasteiger partial charge is 0.467 e. The summed E-state index contributed by atoms with van der Waals surface area (Å²) >= 11 is 0. The van der Waals surface area contributed by atoms with Crippen LogP contribution in [-0.4, -0.2) is 53.9 Å². The molecule has 4 aromatic rings. The molecule has 6 heteroatoms. The second-order valence-electron chi connectivity index (χ2n) is 8.52. The molecular weight excluding hydrogens is 422 g/mol. The van der Waals surface area contributed by atoms with Crippen molar-refractivity contribution in [2.75, 3.05) is 33.2 Å². The van der Waals surface area contributed by atoms with Crippen LogP contribution in [0.1, 0.15) is 11.3 Å². The van der Waals surface area contributed by atoms with E-state index in [0.717, 1.165) is 54.3 Å². The zero-order valence-electron chi connectivity index (χ0n) is 19.3. The molecule has 1 aliphatic rings. The molecule has 0 saturated carbocycles. The Morgan fingerprint density at radius 3 is 2.21 bits per heavy atom. The second kappa shape index (κ2) is 9.82. The van der Waals surface area contributed by atoms with E-state index in [4.69, 9.17) is 9.41 Å². The number of hydrogen-bond donors (Lipinski definition) is 0. The van der Waals surface area contributed by atoms with Gasteiger partial charge in [0.1, 0.15) is 17.4 Å². The molecule has 0 unspecified atom stereocenters. The zero-order valence-corrected chi connectivity index (χ0v) is 19.3. The summed E-state index contributed by atoms with van der Waals surface area (Å²) in [5.74, 6) is 1.46. The Morgan fingerprint density at radius 1 is 0.912 bits per heavy atom. The SMILES string of the molecule is CN1CCN(/C=N/c2c(C#N)c(-c3ccccc3)c(-c3ccccc3)n2Cc2ccco2)CC1. The number of likely N-dealkylation sites (N-methyl/N-ethyl adjacent to an activating group) is 1. The van der Waals surface area contributed by atoms with E-state index in [9.17, 15) is 5.26 Å².